The molecule has 0 atom stereocenters. The highest BCUT2D eigenvalue weighted by Gasteiger charge is 2.29. The van der Waals surface area contributed by atoms with E-state index in [1.807, 2.05) is 0 Å². The maximum Gasteiger partial charge on any atom is 0.311 e. The van der Waals surface area contributed by atoms with Gasteiger partial charge in [-0.3, -0.25) is 19.7 Å². The molecule has 1 saturated carbocycles. The summed E-state index contributed by atoms with van der Waals surface area (Å²) in [5, 5.41) is 16.7. The normalized spacial score (nSPS) is 12.9. The van der Waals surface area contributed by atoms with Crippen LogP contribution >= 0.6 is 0 Å². The van der Waals surface area contributed by atoms with Crippen LogP contribution in [-0.2, 0) is 4.79 Å². The molecule has 0 bridgehead atoms. The van der Waals surface area contributed by atoms with Crippen molar-refractivity contribution in [2.24, 2.45) is 5.92 Å². The topological polar surface area (TPSA) is 111 Å². The predicted octanol–water partition coefficient (Wildman–Crippen LogP) is 3.59. The van der Waals surface area contributed by atoms with Crippen molar-refractivity contribution in [1.29, 1.82) is 0 Å². The Morgan fingerprint density at radius 3 is 2.30 bits per heavy atom. The first-order valence-corrected chi connectivity index (χ1v) is 8.61. The molecule has 0 heterocycles. The van der Waals surface area contributed by atoms with Crippen LogP contribution in [0.15, 0.2) is 42.5 Å². The van der Waals surface area contributed by atoms with Crippen molar-refractivity contribution in [3.8, 4) is 5.75 Å². The van der Waals surface area contributed by atoms with Crippen LogP contribution in [0.5, 0.6) is 5.75 Å². The number of rotatable bonds is 7. The fourth-order valence-corrected chi connectivity index (χ4v) is 2.51. The standard InChI is InChI=1S/C19H19N3O5/c1-2-27-17-10-5-13(11-16(17)22(25)26)19(24)21-15-8-6-14(7-9-15)20-18(23)12-3-4-12/h5-12H,2-4H2,1H3,(H,20,23)(H,21,24). The quantitative estimate of drug-likeness (QED) is 0.572. The van der Waals surface area contributed by atoms with Gasteiger partial charge in [0.25, 0.3) is 5.91 Å². The molecule has 0 aromatic heterocycles. The third-order valence-electron chi connectivity index (χ3n) is 4.08. The van der Waals surface area contributed by atoms with E-state index < -0.39 is 10.8 Å². The van der Waals surface area contributed by atoms with E-state index in [-0.39, 0.29) is 35.4 Å². The third kappa shape index (κ3) is 4.60. The number of nitrogens with one attached hydrogen (secondary N) is 2. The van der Waals surface area contributed by atoms with Crippen LogP contribution in [0.2, 0.25) is 0 Å². The summed E-state index contributed by atoms with van der Waals surface area (Å²) in [6.07, 6.45) is 1.85. The Balaban J connectivity index is 1.68. The minimum Gasteiger partial charge on any atom is -0.487 e. The SMILES string of the molecule is CCOc1ccc(C(=O)Nc2ccc(NC(=O)C3CC3)cc2)cc1[N+](=O)[O-]. The molecule has 0 radical (unpaired) electrons. The van der Waals surface area contributed by atoms with E-state index in [2.05, 4.69) is 10.6 Å². The zero-order valence-corrected chi connectivity index (χ0v) is 14.7. The van der Waals surface area contributed by atoms with Crippen molar-refractivity contribution in [2.75, 3.05) is 17.2 Å². The number of ether oxygens (including phenoxy) is 1. The molecule has 3 rings (SSSR count). The molecule has 27 heavy (non-hydrogen) atoms. The van der Waals surface area contributed by atoms with E-state index in [9.17, 15) is 19.7 Å². The zero-order valence-electron chi connectivity index (χ0n) is 14.7. The molecule has 2 amide bonds. The molecule has 8 heteroatoms. The molecular formula is C19H19N3O5. The number of hydrogen-bond donors (Lipinski definition) is 2. The Hall–Kier alpha value is -3.42. The summed E-state index contributed by atoms with van der Waals surface area (Å²) >= 11 is 0. The number of nitro benzene ring substituents is 1. The largest absolute Gasteiger partial charge is 0.487 e. The molecule has 0 spiro atoms. The summed E-state index contributed by atoms with van der Waals surface area (Å²) < 4.78 is 5.21. The highest BCUT2D eigenvalue weighted by molar-refractivity contribution is 6.05. The van der Waals surface area contributed by atoms with Crippen LogP contribution in [0.4, 0.5) is 17.1 Å². The highest BCUT2D eigenvalue weighted by Crippen LogP contribution is 2.30. The average molecular weight is 369 g/mol. The number of carbonyl (C=O) groups is 2. The highest BCUT2D eigenvalue weighted by atomic mass is 16.6. The van der Waals surface area contributed by atoms with Gasteiger partial charge in [-0.1, -0.05) is 0 Å². The van der Waals surface area contributed by atoms with Crippen LogP contribution in [-0.4, -0.2) is 23.3 Å². The lowest BCUT2D eigenvalue weighted by Gasteiger charge is -2.09. The lowest BCUT2D eigenvalue weighted by Crippen LogP contribution is -2.14. The van der Waals surface area contributed by atoms with Crippen molar-refractivity contribution in [3.63, 3.8) is 0 Å². The van der Waals surface area contributed by atoms with Crippen LogP contribution in [0.3, 0.4) is 0 Å². The second kappa shape index (κ2) is 7.86. The van der Waals surface area contributed by atoms with E-state index in [0.717, 1.165) is 12.8 Å². The summed E-state index contributed by atoms with van der Waals surface area (Å²) in [7, 11) is 0. The van der Waals surface area contributed by atoms with Crippen molar-refractivity contribution >= 4 is 28.9 Å². The van der Waals surface area contributed by atoms with Gasteiger partial charge in [0, 0.05) is 28.9 Å². The second-order valence-corrected chi connectivity index (χ2v) is 6.17. The Bertz CT molecular complexity index is 875. The summed E-state index contributed by atoms with van der Waals surface area (Å²) in [5.74, 6) is -0.237. The molecule has 1 aliphatic carbocycles. The molecule has 8 nitrogen and oxygen atoms in total. The number of benzene rings is 2. The second-order valence-electron chi connectivity index (χ2n) is 6.17. The Kier molecular flexibility index (Phi) is 5.35. The van der Waals surface area contributed by atoms with E-state index in [0.29, 0.717) is 11.4 Å². The maximum absolute atomic E-state index is 12.4. The molecule has 2 aromatic carbocycles. The molecule has 0 aliphatic heterocycles. The minimum atomic E-state index is -0.584. The third-order valence-corrected chi connectivity index (χ3v) is 4.08. The van der Waals surface area contributed by atoms with Crippen LogP contribution in [0, 0.1) is 16.0 Å². The predicted molar refractivity (Wildman–Crippen MR) is 100 cm³/mol. The number of amides is 2. The van der Waals surface area contributed by atoms with Gasteiger partial charge < -0.3 is 15.4 Å². The van der Waals surface area contributed by atoms with E-state index in [4.69, 9.17) is 4.74 Å². The van der Waals surface area contributed by atoms with Crippen LogP contribution < -0.4 is 15.4 Å². The molecule has 0 unspecified atom stereocenters. The Morgan fingerprint density at radius 2 is 1.74 bits per heavy atom. The number of carbonyl (C=O) groups excluding carboxylic acids is 2. The van der Waals surface area contributed by atoms with Gasteiger partial charge in [-0.25, -0.2) is 0 Å². The summed E-state index contributed by atoms with van der Waals surface area (Å²) in [4.78, 5) is 34.7. The lowest BCUT2D eigenvalue weighted by atomic mass is 10.1. The summed E-state index contributed by atoms with van der Waals surface area (Å²) in [6.45, 7) is 2.01. The fraction of sp³-hybridized carbons (Fsp3) is 0.263. The van der Waals surface area contributed by atoms with Gasteiger partial charge in [0.05, 0.1) is 11.5 Å². The molecule has 0 saturated heterocycles. The van der Waals surface area contributed by atoms with Crippen molar-refractivity contribution in [1.82, 2.24) is 0 Å². The zero-order chi connectivity index (χ0) is 19.4. The Morgan fingerprint density at radius 1 is 1.11 bits per heavy atom. The van der Waals surface area contributed by atoms with Crippen LogP contribution in [0.25, 0.3) is 0 Å². The first-order valence-electron chi connectivity index (χ1n) is 8.61. The van der Waals surface area contributed by atoms with Gasteiger partial charge in [0.2, 0.25) is 5.91 Å². The molecule has 2 aromatic rings. The van der Waals surface area contributed by atoms with Crippen molar-refractivity contribution in [2.45, 2.75) is 19.8 Å². The number of anilines is 2. The van der Waals surface area contributed by atoms with Crippen molar-refractivity contribution < 1.29 is 19.2 Å². The molecule has 140 valence electrons. The maximum atomic E-state index is 12.4. The number of nitro groups is 1. The summed E-state index contributed by atoms with van der Waals surface area (Å²) in [5.41, 5.74) is 1.06. The fourth-order valence-electron chi connectivity index (χ4n) is 2.51. The van der Waals surface area contributed by atoms with Gasteiger partial charge in [-0.2, -0.15) is 0 Å². The first kappa shape index (κ1) is 18.4. The van der Waals surface area contributed by atoms with Gasteiger partial charge >= 0.3 is 5.69 Å². The average Bonchev–Trinajstić information content (AvgIpc) is 3.49. The summed E-state index contributed by atoms with van der Waals surface area (Å²) in [6, 6.07) is 10.8. The monoisotopic (exact) mass is 369 g/mol. The minimum absolute atomic E-state index is 0.00785. The van der Waals surface area contributed by atoms with E-state index in [1.165, 1.54) is 18.2 Å². The molecule has 2 N–H and O–H groups in total. The lowest BCUT2D eigenvalue weighted by molar-refractivity contribution is -0.385. The van der Waals surface area contributed by atoms with E-state index >= 15 is 0 Å². The van der Waals surface area contributed by atoms with Gasteiger partial charge in [-0.15, -0.1) is 0 Å². The molecular weight excluding hydrogens is 350 g/mol. The van der Waals surface area contributed by atoms with Crippen molar-refractivity contribution in [3.05, 3.63) is 58.1 Å². The van der Waals surface area contributed by atoms with Gasteiger partial charge in [0.15, 0.2) is 5.75 Å². The molecule has 1 aliphatic rings. The van der Waals surface area contributed by atoms with Crippen LogP contribution in [0.1, 0.15) is 30.1 Å². The van der Waals surface area contributed by atoms with Gasteiger partial charge in [-0.05, 0) is 56.2 Å². The molecule has 1 fully saturated rings. The van der Waals surface area contributed by atoms with E-state index in [1.54, 1.807) is 31.2 Å². The first-order chi connectivity index (χ1) is 13.0. The van der Waals surface area contributed by atoms with Gasteiger partial charge in [0.1, 0.15) is 0 Å². The number of nitrogens with zero attached hydrogens (tertiary/aromatic N) is 1. The number of hydrogen-bond acceptors (Lipinski definition) is 5. The Labute approximate surface area is 155 Å². The smallest absolute Gasteiger partial charge is 0.311 e.